The number of nitrogens with zero attached hydrogens (tertiary/aromatic N) is 2. The molecule has 0 aliphatic carbocycles. The van der Waals surface area contributed by atoms with Gasteiger partial charge in [0.05, 0.1) is 5.25 Å². The third-order valence-electron chi connectivity index (χ3n) is 4.24. The topological polar surface area (TPSA) is 87.2 Å². The SMILES string of the molecule is Cc1ccc(N2C(=O)[C@@H](Cc3ccc(Cl)cc3Cl)S/C2=C(/C#N)C(N)=O)cc1. The first-order valence-electron chi connectivity index (χ1n) is 8.27. The van der Waals surface area contributed by atoms with Crippen LogP contribution in [0.25, 0.3) is 0 Å². The lowest BCUT2D eigenvalue weighted by molar-refractivity contribution is -0.117. The molecular weight excluding hydrogens is 417 g/mol. The molecule has 0 radical (unpaired) electrons. The van der Waals surface area contributed by atoms with Crippen molar-refractivity contribution < 1.29 is 9.59 Å². The Hall–Kier alpha value is -2.46. The molecule has 0 saturated carbocycles. The number of hydrogen-bond donors (Lipinski definition) is 1. The van der Waals surface area contributed by atoms with Crippen LogP contribution < -0.4 is 10.6 Å². The van der Waals surface area contributed by atoms with Gasteiger partial charge < -0.3 is 5.73 Å². The number of aryl methyl sites for hydroxylation is 1. The molecule has 1 aliphatic heterocycles. The second-order valence-corrected chi connectivity index (χ2v) is 8.25. The molecule has 1 aliphatic rings. The second kappa shape index (κ2) is 8.27. The van der Waals surface area contributed by atoms with Gasteiger partial charge in [-0.3, -0.25) is 14.5 Å². The highest BCUT2D eigenvalue weighted by Crippen LogP contribution is 2.42. The van der Waals surface area contributed by atoms with Crippen molar-refractivity contribution in [2.45, 2.75) is 18.6 Å². The van der Waals surface area contributed by atoms with E-state index in [0.717, 1.165) is 22.9 Å². The Bertz CT molecular complexity index is 1030. The molecule has 1 heterocycles. The van der Waals surface area contributed by atoms with Crippen molar-refractivity contribution in [3.8, 4) is 6.07 Å². The Morgan fingerprint density at radius 1 is 1.25 bits per heavy atom. The quantitative estimate of drug-likeness (QED) is 0.579. The average Bonchev–Trinajstić information content (AvgIpc) is 2.95. The van der Waals surface area contributed by atoms with Crippen molar-refractivity contribution in [3.63, 3.8) is 0 Å². The highest BCUT2D eigenvalue weighted by molar-refractivity contribution is 8.05. The number of carbonyl (C=O) groups excluding carboxylic acids is 2. The predicted octanol–water partition coefficient (Wildman–Crippen LogP) is 4.21. The normalized spacial score (nSPS) is 18.1. The lowest BCUT2D eigenvalue weighted by Crippen LogP contribution is -2.31. The Kier molecular flexibility index (Phi) is 5.99. The summed E-state index contributed by atoms with van der Waals surface area (Å²) in [4.78, 5) is 26.3. The molecular formula is C20H15Cl2N3O2S. The predicted molar refractivity (Wildman–Crippen MR) is 112 cm³/mol. The minimum atomic E-state index is -0.875. The van der Waals surface area contributed by atoms with E-state index in [1.807, 2.05) is 25.1 Å². The van der Waals surface area contributed by atoms with E-state index in [4.69, 9.17) is 28.9 Å². The molecule has 0 aromatic heterocycles. The third kappa shape index (κ3) is 4.02. The molecule has 5 nitrogen and oxygen atoms in total. The van der Waals surface area contributed by atoms with Crippen molar-refractivity contribution in [1.29, 1.82) is 5.26 Å². The number of carbonyl (C=O) groups is 2. The van der Waals surface area contributed by atoms with Gasteiger partial charge in [0, 0.05) is 15.7 Å². The maximum absolute atomic E-state index is 13.2. The number of hydrogen-bond acceptors (Lipinski definition) is 4. The molecule has 0 spiro atoms. The highest BCUT2D eigenvalue weighted by Gasteiger charge is 2.40. The number of amides is 2. The molecule has 0 unspecified atom stereocenters. The molecule has 0 bridgehead atoms. The molecule has 142 valence electrons. The van der Waals surface area contributed by atoms with E-state index in [9.17, 15) is 14.9 Å². The zero-order chi connectivity index (χ0) is 20.4. The van der Waals surface area contributed by atoms with E-state index in [2.05, 4.69) is 0 Å². The van der Waals surface area contributed by atoms with Gasteiger partial charge in [-0.25, -0.2) is 0 Å². The van der Waals surface area contributed by atoms with Gasteiger partial charge in [-0.1, -0.05) is 58.7 Å². The van der Waals surface area contributed by atoms with Crippen LogP contribution in [0.15, 0.2) is 53.1 Å². The van der Waals surface area contributed by atoms with Gasteiger partial charge in [-0.15, -0.1) is 0 Å². The van der Waals surface area contributed by atoms with E-state index < -0.39 is 11.2 Å². The number of halogens is 2. The summed E-state index contributed by atoms with van der Waals surface area (Å²) in [7, 11) is 0. The van der Waals surface area contributed by atoms with Crippen LogP contribution in [0.4, 0.5) is 5.69 Å². The molecule has 1 atom stereocenters. The van der Waals surface area contributed by atoms with Crippen molar-refractivity contribution in [2.75, 3.05) is 4.90 Å². The van der Waals surface area contributed by atoms with Crippen LogP contribution in [0.2, 0.25) is 10.0 Å². The van der Waals surface area contributed by atoms with E-state index in [0.29, 0.717) is 22.2 Å². The van der Waals surface area contributed by atoms with Gasteiger partial charge in [0.15, 0.2) is 0 Å². The molecule has 2 aromatic rings. The van der Waals surface area contributed by atoms with Crippen molar-refractivity contribution in [3.05, 3.63) is 74.2 Å². The van der Waals surface area contributed by atoms with Gasteiger partial charge in [0.2, 0.25) is 5.91 Å². The molecule has 1 saturated heterocycles. The highest BCUT2D eigenvalue weighted by atomic mass is 35.5. The van der Waals surface area contributed by atoms with Crippen molar-refractivity contribution in [2.24, 2.45) is 5.73 Å². The van der Waals surface area contributed by atoms with Gasteiger partial charge >= 0.3 is 0 Å². The summed E-state index contributed by atoms with van der Waals surface area (Å²) in [5.74, 6) is -1.12. The number of anilines is 1. The largest absolute Gasteiger partial charge is 0.365 e. The molecule has 2 N–H and O–H groups in total. The Balaban J connectivity index is 2.04. The Labute approximate surface area is 176 Å². The summed E-state index contributed by atoms with van der Waals surface area (Å²) in [5.41, 5.74) is 7.46. The smallest absolute Gasteiger partial charge is 0.262 e. The van der Waals surface area contributed by atoms with E-state index in [-0.39, 0.29) is 16.5 Å². The second-order valence-electron chi connectivity index (χ2n) is 6.21. The molecule has 8 heteroatoms. The van der Waals surface area contributed by atoms with Crippen LogP contribution in [0.3, 0.4) is 0 Å². The van der Waals surface area contributed by atoms with Crippen LogP contribution in [0, 0.1) is 18.3 Å². The summed E-state index contributed by atoms with van der Waals surface area (Å²) in [5, 5.41) is 10.0. The number of primary amides is 1. The fourth-order valence-electron chi connectivity index (χ4n) is 2.82. The van der Waals surface area contributed by atoms with Crippen LogP contribution in [0.1, 0.15) is 11.1 Å². The van der Waals surface area contributed by atoms with Gasteiger partial charge in [0.1, 0.15) is 16.7 Å². The molecule has 28 heavy (non-hydrogen) atoms. The Morgan fingerprint density at radius 2 is 1.93 bits per heavy atom. The third-order valence-corrected chi connectivity index (χ3v) is 6.09. The van der Waals surface area contributed by atoms with Gasteiger partial charge in [0.25, 0.3) is 5.91 Å². The first-order chi connectivity index (χ1) is 13.3. The maximum Gasteiger partial charge on any atom is 0.262 e. The molecule has 3 rings (SSSR count). The summed E-state index contributed by atoms with van der Waals surface area (Å²) in [6, 6.07) is 14.1. The zero-order valence-electron chi connectivity index (χ0n) is 14.8. The van der Waals surface area contributed by atoms with Crippen LogP contribution >= 0.6 is 35.0 Å². The number of nitrogens with two attached hydrogens (primary N) is 1. The van der Waals surface area contributed by atoms with E-state index in [1.165, 1.54) is 4.90 Å². The monoisotopic (exact) mass is 431 g/mol. The lowest BCUT2D eigenvalue weighted by Gasteiger charge is -2.18. The standard InChI is InChI=1S/C20H15Cl2N3O2S/c1-11-2-6-14(7-3-11)25-19(27)17(28-20(25)15(10-23)18(24)26)8-12-4-5-13(21)9-16(12)22/h2-7,9,17H,8H2,1H3,(H2,24,26)/b20-15-/t17-/m1/s1. The lowest BCUT2D eigenvalue weighted by atomic mass is 10.1. The maximum atomic E-state index is 13.2. The van der Waals surface area contributed by atoms with E-state index in [1.54, 1.807) is 30.3 Å². The molecule has 2 amide bonds. The van der Waals surface area contributed by atoms with Crippen LogP contribution in [-0.4, -0.2) is 17.1 Å². The van der Waals surface area contributed by atoms with Gasteiger partial charge in [-0.2, -0.15) is 5.26 Å². The summed E-state index contributed by atoms with van der Waals surface area (Å²) in [6.07, 6.45) is 0.322. The first-order valence-corrected chi connectivity index (χ1v) is 9.90. The first kappa shape index (κ1) is 20.3. The van der Waals surface area contributed by atoms with Crippen molar-refractivity contribution in [1.82, 2.24) is 0 Å². The Morgan fingerprint density at radius 3 is 2.50 bits per heavy atom. The molecule has 1 fully saturated rings. The minimum absolute atomic E-state index is 0.235. The van der Waals surface area contributed by atoms with Crippen molar-refractivity contribution >= 4 is 52.5 Å². The summed E-state index contributed by atoms with van der Waals surface area (Å²) in [6.45, 7) is 1.93. The van der Waals surface area contributed by atoms with Crippen LogP contribution in [0.5, 0.6) is 0 Å². The number of rotatable bonds is 4. The van der Waals surface area contributed by atoms with Crippen LogP contribution in [-0.2, 0) is 16.0 Å². The summed E-state index contributed by atoms with van der Waals surface area (Å²) >= 11 is 13.3. The minimum Gasteiger partial charge on any atom is -0.365 e. The molecule has 2 aromatic carbocycles. The fraction of sp³-hybridized carbons (Fsp3) is 0.150. The van der Waals surface area contributed by atoms with E-state index >= 15 is 0 Å². The van der Waals surface area contributed by atoms with Gasteiger partial charge in [-0.05, 0) is 43.2 Å². The number of nitriles is 1. The zero-order valence-corrected chi connectivity index (χ0v) is 17.1. The number of thioether (sulfide) groups is 1. The summed E-state index contributed by atoms with van der Waals surface area (Å²) < 4.78 is 0. The fourth-order valence-corrected chi connectivity index (χ4v) is 4.60. The average molecular weight is 432 g/mol. The number of benzene rings is 2.